The van der Waals surface area contributed by atoms with E-state index >= 15 is 0 Å². The Labute approximate surface area is 153 Å². The highest BCUT2D eigenvalue weighted by Crippen LogP contribution is 2.29. The Morgan fingerprint density at radius 2 is 1.77 bits per heavy atom. The van der Waals surface area contributed by atoms with Crippen LogP contribution in [0.2, 0.25) is 0 Å². The molecule has 1 saturated heterocycles. The Balaban J connectivity index is 1.45. The van der Waals surface area contributed by atoms with Gasteiger partial charge in [0.25, 0.3) is 5.91 Å². The highest BCUT2D eigenvalue weighted by Gasteiger charge is 2.24. The third-order valence-electron chi connectivity index (χ3n) is 4.83. The fourth-order valence-electron chi connectivity index (χ4n) is 3.51. The van der Waals surface area contributed by atoms with E-state index in [4.69, 9.17) is 4.74 Å². The van der Waals surface area contributed by atoms with Gasteiger partial charge < -0.3 is 19.5 Å². The number of benzene rings is 2. The van der Waals surface area contributed by atoms with Crippen molar-refractivity contribution < 1.29 is 9.53 Å². The van der Waals surface area contributed by atoms with Crippen LogP contribution >= 0.6 is 0 Å². The van der Waals surface area contributed by atoms with E-state index in [9.17, 15) is 4.79 Å². The third-order valence-corrected chi connectivity index (χ3v) is 4.83. The summed E-state index contributed by atoms with van der Waals surface area (Å²) in [7, 11) is 0. The van der Waals surface area contributed by atoms with Crippen LogP contribution in [-0.4, -0.2) is 48.6 Å². The van der Waals surface area contributed by atoms with Crippen LogP contribution in [0.15, 0.2) is 54.6 Å². The number of H-pyrrole nitrogens is 1. The lowest BCUT2D eigenvalue weighted by Gasteiger charge is -2.36. The van der Waals surface area contributed by atoms with Crippen molar-refractivity contribution in [3.8, 4) is 5.75 Å². The van der Waals surface area contributed by atoms with Crippen molar-refractivity contribution in [1.29, 1.82) is 0 Å². The number of aromatic amines is 1. The van der Waals surface area contributed by atoms with Crippen LogP contribution < -0.4 is 9.64 Å². The Morgan fingerprint density at radius 1 is 1.04 bits per heavy atom. The van der Waals surface area contributed by atoms with Crippen molar-refractivity contribution in [2.45, 2.75) is 6.92 Å². The van der Waals surface area contributed by atoms with Gasteiger partial charge in [-0.1, -0.05) is 30.3 Å². The van der Waals surface area contributed by atoms with E-state index in [1.807, 2.05) is 60.4 Å². The summed E-state index contributed by atoms with van der Waals surface area (Å²) in [6.07, 6.45) is 0. The molecule has 0 bridgehead atoms. The van der Waals surface area contributed by atoms with Crippen molar-refractivity contribution in [3.63, 3.8) is 0 Å². The molecule has 4 rings (SSSR count). The molecule has 1 fully saturated rings. The summed E-state index contributed by atoms with van der Waals surface area (Å²) < 4.78 is 5.74. The van der Waals surface area contributed by atoms with E-state index in [2.05, 4.69) is 16.0 Å². The monoisotopic (exact) mass is 349 g/mol. The van der Waals surface area contributed by atoms with Crippen molar-refractivity contribution in [3.05, 3.63) is 60.3 Å². The summed E-state index contributed by atoms with van der Waals surface area (Å²) >= 11 is 0. The molecular formula is C21H23N3O2. The highest BCUT2D eigenvalue weighted by atomic mass is 16.5. The van der Waals surface area contributed by atoms with Gasteiger partial charge in [0.05, 0.1) is 12.3 Å². The first-order valence-corrected chi connectivity index (χ1v) is 9.10. The fraction of sp³-hybridized carbons (Fsp3) is 0.286. The van der Waals surface area contributed by atoms with E-state index in [1.54, 1.807) is 0 Å². The molecule has 3 aromatic rings. The van der Waals surface area contributed by atoms with Crippen molar-refractivity contribution in [1.82, 2.24) is 9.88 Å². The molecule has 134 valence electrons. The highest BCUT2D eigenvalue weighted by molar-refractivity contribution is 5.98. The molecule has 1 aliphatic rings. The summed E-state index contributed by atoms with van der Waals surface area (Å²) in [6, 6.07) is 18.0. The second kappa shape index (κ2) is 7.12. The van der Waals surface area contributed by atoms with Gasteiger partial charge in [-0.15, -0.1) is 0 Å². The number of hydrogen-bond donors (Lipinski definition) is 1. The van der Waals surface area contributed by atoms with Crippen LogP contribution in [0.3, 0.4) is 0 Å². The molecule has 2 aromatic carbocycles. The van der Waals surface area contributed by atoms with E-state index < -0.39 is 0 Å². The Bertz CT molecular complexity index is 877. The molecule has 0 unspecified atom stereocenters. The molecule has 1 aromatic heterocycles. The minimum atomic E-state index is 0.0685. The first-order valence-electron chi connectivity index (χ1n) is 9.10. The molecule has 5 heteroatoms. The quantitative estimate of drug-likeness (QED) is 0.784. The standard InChI is InChI=1S/C21H23N3O2/c1-2-26-20-10-6-5-9-19(20)23-11-13-24(14-12-23)21(25)18-15-16-7-3-4-8-17(16)22-18/h3-10,15,22H,2,11-14H2,1H3. The predicted octanol–water partition coefficient (Wildman–Crippen LogP) is 3.53. The van der Waals surface area contributed by atoms with Gasteiger partial charge in [0.1, 0.15) is 11.4 Å². The second-order valence-corrected chi connectivity index (χ2v) is 6.45. The Hall–Kier alpha value is -2.95. The van der Waals surface area contributed by atoms with E-state index in [0.29, 0.717) is 25.4 Å². The number of carbonyl (C=O) groups is 1. The lowest BCUT2D eigenvalue weighted by atomic mass is 10.2. The molecule has 0 aliphatic carbocycles. The van der Waals surface area contributed by atoms with Gasteiger partial charge in [0.15, 0.2) is 0 Å². The minimum absolute atomic E-state index is 0.0685. The molecule has 2 heterocycles. The predicted molar refractivity (Wildman–Crippen MR) is 104 cm³/mol. The molecule has 1 N–H and O–H groups in total. The lowest BCUT2D eigenvalue weighted by molar-refractivity contribution is 0.0741. The summed E-state index contributed by atoms with van der Waals surface area (Å²) in [5, 5.41) is 1.07. The Kier molecular flexibility index (Phi) is 4.52. The largest absolute Gasteiger partial charge is 0.492 e. The van der Waals surface area contributed by atoms with E-state index in [-0.39, 0.29) is 5.91 Å². The smallest absolute Gasteiger partial charge is 0.270 e. The second-order valence-electron chi connectivity index (χ2n) is 6.45. The number of anilines is 1. The van der Waals surface area contributed by atoms with E-state index in [1.165, 1.54) is 0 Å². The maximum Gasteiger partial charge on any atom is 0.270 e. The summed E-state index contributed by atoms with van der Waals surface area (Å²) in [5.41, 5.74) is 2.77. The number of nitrogens with zero attached hydrogens (tertiary/aromatic N) is 2. The van der Waals surface area contributed by atoms with Crippen LogP contribution in [0.5, 0.6) is 5.75 Å². The maximum atomic E-state index is 12.8. The zero-order chi connectivity index (χ0) is 17.9. The zero-order valence-electron chi connectivity index (χ0n) is 14.9. The minimum Gasteiger partial charge on any atom is -0.492 e. The van der Waals surface area contributed by atoms with Gasteiger partial charge in [-0.25, -0.2) is 0 Å². The number of amides is 1. The van der Waals surface area contributed by atoms with Crippen molar-refractivity contribution in [2.75, 3.05) is 37.7 Å². The van der Waals surface area contributed by atoms with Gasteiger partial charge in [-0.3, -0.25) is 4.79 Å². The molecule has 26 heavy (non-hydrogen) atoms. The van der Waals surface area contributed by atoms with Gasteiger partial charge >= 0.3 is 0 Å². The number of hydrogen-bond acceptors (Lipinski definition) is 3. The molecule has 0 atom stereocenters. The normalized spacial score (nSPS) is 14.7. The number of piperazine rings is 1. The van der Waals surface area contributed by atoms with Crippen LogP contribution in [0.4, 0.5) is 5.69 Å². The summed E-state index contributed by atoms with van der Waals surface area (Å²) in [4.78, 5) is 20.3. The molecule has 0 radical (unpaired) electrons. The molecule has 1 aliphatic heterocycles. The number of aromatic nitrogens is 1. The third kappa shape index (κ3) is 3.12. The van der Waals surface area contributed by atoms with Crippen LogP contribution in [-0.2, 0) is 0 Å². The Morgan fingerprint density at radius 3 is 2.54 bits per heavy atom. The van der Waals surface area contributed by atoms with Gasteiger partial charge in [0.2, 0.25) is 0 Å². The molecule has 1 amide bonds. The zero-order valence-corrected chi connectivity index (χ0v) is 14.9. The summed E-state index contributed by atoms with van der Waals surface area (Å²) in [6.45, 7) is 5.65. The average Bonchev–Trinajstić information content (AvgIpc) is 3.12. The molecule has 0 saturated carbocycles. The number of nitrogens with one attached hydrogen (secondary N) is 1. The van der Waals surface area contributed by atoms with Gasteiger partial charge in [-0.2, -0.15) is 0 Å². The number of rotatable bonds is 4. The van der Waals surface area contributed by atoms with Crippen LogP contribution in [0, 0.1) is 0 Å². The first kappa shape index (κ1) is 16.5. The van der Waals surface area contributed by atoms with Crippen LogP contribution in [0.25, 0.3) is 10.9 Å². The SMILES string of the molecule is CCOc1ccccc1N1CCN(C(=O)c2cc3ccccc3[nH]2)CC1. The fourth-order valence-corrected chi connectivity index (χ4v) is 3.51. The van der Waals surface area contributed by atoms with Crippen molar-refractivity contribution in [2.24, 2.45) is 0 Å². The topological polar surface area (TPSA) is 48.6 Å². The van der Waals surface area contributed by atoms with Crippen molar-refractivity contribution >= 4 is 22.5 Å². The summed E-state index contributed by atoms with van der Waals surface area (Å²) in [5.74, 6) is 0.976. The van der Waals surface area contributed by atoms with Gasteiger partial charge in [-0.05, 0) is 31.2 Å². The number of carbonyl (C=O) groups excluding carboxylic acids is 1. The van der Waals surface area contributed by atoms with Gasteiger partial charge in [0, 0.05) is 37.1 Å². The molecular weight excluding hydrogens is 326 g/mol. The van der Waals surface area contributed by atoms with Crippen LogP contribution in [0.1, 0.15) is 17.4 Å². The average molecular weight is 349 g/mol. The lowest BCUT2D eigenvalue weighted by Crippen LogP contribution is -2.49. The molecule has 0 spiro atoms. The number of fused-ring (bicyclic) bond motifs is 1. The number of ether oxygens (including phenoxy) is 1. The first-order chi connectivity index (χ1) is 12.8. The molecule has 5 nitrogen and oxygen atoms in total. The number of para-hydroxylation sites is 3. The van der Waals surface area contributed by atoms with E-state index in [0.717, 1.165) is 35.4 Å². The maximum absolute atomic E-state index is 12.8.